The van der Waals surface area contributed by atoms with Gasteiger partial charge in [0.1, 0.15) is 11.6 Å². The van der Waals surface area contributed by atoms with Crippen molar-refractivity contribution in [2.24, 2.45) is 0 Å². The van der Waals surface area contributed by atoms with Crippen LogP contribution in [0.15, 0.2) is 66.7 Å². The minimum absolute atomic E-state index is 0.0109. The smallest absolute Gasteiger partial charge is 0.227 e. The molecule has 1 atom stereocenters. The number of aromatic nitrogens is 1. The number of carbonyl (C=O) groups is 1. The Hall–Kier alpha value is -3.21. The van der Waals surface area contributed by atoms with E-state index in [9.17, 15) is 9.18 Å². The summed E-state index contributed by atoms with van der Waals surface area (Å²) in [5.41, 5.74) is 3.65. The van der Waals surface area contributed by atoms with E-state index in [-0.39, 0.29) is 17.8 Å². The van der Waals surface area contributed by atoms with E-state index >= 15 is 0 Å². The molecule has 0 N–H and O–H groups in total. The molecule has 1 fully saturated rings. The summed E-state index contributed by atoms with van der Waals surface area (Å²) in [6.07, 6.45) is 2.81. The van der Waals surface area contributed by atoms with Gasteiger partial charge in [-0.3, -0.25) is 9.78 Å². The zero-order valence-corrected chi connectivity index (χ0v) is 17.1. The molecule has 0 spiro atoms. The molecule has 0 saturated carbocycles. The summed E-state index contributed by atoms with van der Waals surface area (Å²) in [5, 5.41) is 0. The first-order valence-corrected chi connectivity index (χ1v) is 10.2. The van der Waals surface area contributed by atoms with E-state index in [0.29, 0.717) is 12.8 Å². The average Bonchev–Trinajstić information content (AvgIpc) is 3.25. The van der Waals surface area contributed by atoms with Gasteiger partial charge in [0.2, 0.25) is 5.91 Å². The van der Waals surface area contributed by atoms with Gasteiger partial charge in [0.05, 0.1) is 25.3 Å². The SMILES string of the molecule is COc1ccc(CC(=O)N2CCC[C@H]2c2cccc(Cc3cccc(F)c3)n2)cc1. The number of halogens is 1. The van der Waals surface area contributed by atoms with Crippen molar-refractivity contribution in [3.8, 4) is 5.75 Å². The Morgan fingerprint density at radius 1 is 1.10 bits per heavy atom. The number of hydrogen-bond donors (Lipinski definition) is 0. The topological polar surface area (TPSA) is 42.4 Å². The minimum Gasteiger partial charge on any atom is -0.497 e. The van der Waals surface area contributed by atoms with Crippen molar-refractivity contribution < 1.29 is 13.9 Å². The molecule has 1 amide bonds. The van der Waals surface area contributed by atoms with Gasteiger partial charge in [0.25, 0.3) is 0 Å². The summed E-state index contributed by atoms with van der Waals surface area (Å²) in [6.45, 7) is 0.745. The molecule has 1 aliphatic heterocycles. The first kappa shape index (κ1) is 20.1. The third-order valence-corrected chi connectivity index (χ3v) is 5.53. The maximum absolute atomic E-state index is 13.5. The number of amides is 1. The fourth-order valence-corrected chi connectivity index (χ4v) is 4.03. The Kier molecular flexibility index (Phi) is 6.07. The first-order valence-electron chi connectivity index (χ1n) is 10.2. The number of rotatable bonds is 6. The van der Waals surface area contributed by atoms with Gasteiger partial charge in [-0.05, 0) is 60.4 Å². The number of nitrogens with zero attached hydrogens (tertiary/aromatic N) is 2. The zero-order valence-electron chi connectivity index (χ0n) is 17.1. The lowest BCUT2D eigenvalue weighted by atomic mass is 10.1. The number of ether oxygens (including phenoxy) is 1. The normalized spacial score (nSPS) is 15.9. The fourth-order valence-electron chi connectivity index (χ4n) is 4.03. The molecular weight excluding hydrogens is 379 g/mol. The molecule has 154 valence electrons. The molecule has 30 heavy (non-hydrogen) atoms. The number of methoxy groups -OCH3 is 1. The van der Waals surface area contributed by atoms with Gasteiger partial charge in [-0.15, -0.1) is 0 Å². The summed E-state index contributed by atoms with van der Waals surface area (Å²) in [7, 11) is 1.63. The van der Waals surface area contributed by atoms with E-state index in [1.807, 2.05) is 53.4 Å². The number of benzene rings is 2. The molecule has 4 nitrogen and oxygen atoms in total. The lowest BCUT2D eigenvalue weighted by Crippen LogP contribution is -2.32. The second kappa shape index (κ2) is 9.08. The quantitative estimate of drug-likeness (QED) is 0.597. The van der Waals surface area contributed by atoms with Gasteiger partial charge in [-0.25, -0.2) is 4.39 Å². The summed E-state index contributed by atoms with van der Waals surface area (Å²) in [6, 6.07) is 20.1. The van der Waals surface area contributed by atoms with E-state index in [4.69, 9.17) is 9.72 Å². The van der Waals surface area contributed by atoms with Gasteiger partial charge in [0, 0.05) is 18.7 Å². The first-order chi connectivity index (χ1) is 14.6. The van der Waals surface area contributed by atoms with E-state index in [1.54, 1.807) is 13.2 Å². The van der Waals surface area contributed by atoms with E-state index in [0.717, 1.165) is 47.7 Å². The standard InChI is InChI=1S/C25H25FN2O2/c1-30-22-12-10-18(11-13-22)17-25(29)28-14-4-9-24(28)23-8-3-7-21(27-23)16-19-5-2-6-20(26)15-19/h2-3,5-8,10-13,15,24H,4,9,14,16-17H2,1H3/t24-/m0/s1. The molecule has 1 aromatic heterocycles. The van der Waals surface area contributed by atoms with Crippen LogP contribution in [-0.2, 0) is 17.6 Å². The maximum Gasteiger partial charge on any atom is 0.227 e. The number of likely N-dealkylation sites (tertiary alicyclic amines) is 1. The van der Waals surface area contributed by atoms with Gasteiger partial charge < -0.3 is 9.64 Å². The van der Waals surface area contributed by atoms with Crippen molar-refractivity contribution >= 4 is 5.91 Å². The predicted octanol–water partition coefficient (Wildman–Crippen LogP) is 4.73. The molecule has 4 rings (SSSR count). The highest BCUT2D eigenvalue weighted by atomic mass is 19.1. The zero-order chi connectivity index (χ0) is 20.9. The molecule has 1 aliphatic rings. The van der Waals surface area contributed by atoms with Crippen LogP contribution in [0.3, 0.4) is 0 Å². The van der Waals surface area contributed by atoms with E-state index in [2.05, 4.69) is 0 Å². The second-order valence-electron chi connectivity index (χ2n) is 7.63. The molecule has 0 aliphatic carbocycles. The summed E-state index contributed by atoms with van der Waals surface area (Å²) in [4.78, 5) is 19.7. The number of hydrogen-bond acceptors (Lipinski definition) is 3. The van der Waals surface area contributed by atoms with Gasteiger partial charge >= 0.3 is 0 Å². The van der Waals surface area contributed by atoms with Crippen molar-refractivity contribution in [2.75, 3.05) is 13.7 Å². The molecule has 1 saturated heterocycles. The Balaban J connectivity index is 1.47. The Morgan fingerprint density at radius 3 is 2.67 bits per heavy atom. The minimum atomic E-state index is -0.241. The highest BCUT2D eigenvalue weighted by Crippen LogP contribution is 2.31. The number of pyridine rings is 1. The Bertz CT molecular complexity index is 1020. The van der Waals surface area contributed by atoms with Crippen molar-refractivity contribution in [3.05, 3.63) is 95.1 Å². The monoisotopic (exact) mass is 404 g/mol. The molecule has 0 bridgehead atoms. The summed E-state index contributed by atoms with van der Waals surface area (Å²) >= 11 is 0. The Morgan fingerprint density at radius 2 is 1.90 bits per heavy atom. The van der Waals surface area contributed by atoms with Crippen molar-refractivity contribution in [1.29, 1.82) is 0 Å². The lowest BCUT2D eigenvalue weighted by molar-refractivity contribution is -0.131. The lowest BCUT2D eigenvalue weighted by Gasteiger charge is -2.25. The molecule has 2 aromatic carbocycles. The fraction of sp³-hybridized carbons (Fsp3) is 0.280. The third-order valence-electron chi connectivity index (χ3n) is 5.53. The molecule has 0 radical (unpaired) electrons. The maximum atomic E-state index is 13.5. The van der Waals surface area contributed by atoms with E-state index < -0.39 is 0 Å². The Labute approximate surface area is 176 Å². The van der Waals surface area contributed by atoms with Crippen LogP contribution < -0.4 is 4.74 Å². The molecule has 0 unspecified atom stereocenters. The van der Waals surface area contributed by atoms with Gasteiger partial charge in [-0.1, -0.05) is 30.3 Å². The molecule has 2 heterocycles. The number of carbonyl (C=O) groups excluding carboxylic acids is 1. The van der Waals surface area contributed by atoms with Crippen LogP contribution in [0.5, 0.6) is 5.75 Å². The van der Waals surface area contributed by atoms with Crippen LogP contribution in [0, 0.1) is 5.82 Å². The molecular formula is C25H25FN2O2. The summed E-state index contributed by atoms with van der Waals surface area (Å²) in [5.74, 6) is 0.652. The summed E-state index contributed by atoms with van der Waals surface area (Å²) < 4.78 is 18.7. The van der Waals surface area contributed by atoms with Crippen LogP contribution in [0.25, 0.3) is 0 Å². The van der Waals surface area contributed by atoms with Crippen LogP contribution in [0.1, 0.15) is 41.4 Å². The second-order valence-corrected chi connectivity index (χ2v) is 7.63. The van der Waals surface area contributed by atoms with Crippen LogP contribution in [0.2, 0.25) is 0 Å². The van der Waals surface area contributed by atoms with Crippen LogP contribution in [-0.4, -0.2) is 29.4 Å². The van der Waals surface area contributed by atoms with Crippen LogP contribution >= 0.6 is 0 Å². The van der Waals surface area contributed by atoms with Crippen molar-refractivity contribution in [1.82, 2.24) is 9.88 Å². The van der Waals surface area contributed by atoms with Crippen LogP contribution in [0.4, 0.5) is 4.39 Å². The van der Waals surface area contributed by atoms with Crippen molar-refractivity contribution in [2.45, 2.75) is 31.7 Å². The highest BCUT2D eigenvalue weighted by Gasteiger charge is 2.30. The van der Waals surface area contributed by atoms with E-state index in [1.165, 1.54) is 12.1 Å². The predicted molar refractivity (Wildman–Crippen MR) is 114 cm³/mol. The molecule has 3 aromatic rings. The highest BCUT2D eigenvalue weighted by molar-refractivity contribution is 5.79. The largest absolute Gasteiger partial charge is 0.497 e. The van der Waals surface area contributed by atoms with Gasteiger partial charge in [-0.2, -0.15) is 0 Å². The third kappa shape index (κ3) is 4.67. The van der Waals surface area contributed by atoms with Gasteiger partial charge in [0.15, 0.2) is 0 Å². The van der Waals surface area contributed by atoms with Crippen molar-refractivity contribution in [3.63, 3.8) is 0 Å². The molecule has 5 heteroatoms. The average molecular weight is 404 g/mol.